The molecular weight excluding hydrogens is 358 g/mol. The molecule has 6 heteroatoms. The van der Waals surface area contributed by atoms with E-state index in [0.29, 0.717) is 19.5 Å². The van der Waals surface area contributed by atoms with Gasteiger partial charge in [0.2, 0.25) is 5.91 Å². The Bertz CT molecular complexity index is 752. The highest BCUT2D eigenvalue weighted by Gasteiger charge is 2.15. The van der Waals surface area contributed by atoms with Crippen LogP contribution < -0.4 is 0 Å². The molecule has 0 spiro atoms. The van der Waals surface area contributed by atoms with Gasteiger partial charge in [-0.1, -0.05) is 44.0 Å². The number of carboxylic acids is 2. The summed E-state index contributed by atoms with van der Waals surface area (Å²) in [5, 5.41) is 18.0. The van der Waals surface area contributed by atoms with E-state index in [2.05, 4.69) is 6.92 Å². The number of hydrogen-bond acceptors (Lipinski definition) is 3. The number of carboxylic acid groups (broad SMARTS) is 2. The molecule has 0 saturated carbocycles. The van der Waals surface area contributed by atoms with Crippen molar-refractivity contribution in [1.29, 1.82) is 0 Å². The van der Waals surface area contributed by atoms with Crippen LogP contribution in [-0.4, -0.2) is 33.0 Å². The molecule has 0 aliphatic rings. The van der Waals surface area contributed by atoms with Crippen LogP contribution in [0.5, 0.6) is 0 Å². The SMILES string of the molecule is CCCCCC(=O)N(Cc1ccc(C(=O)O)cc1)Cc1ccc(C(=O)O)cc1. The van der Waals surface area contributed by atoms with E-state index in [1.54, 1.807) is 29.2 Å². The van der Waals surface area contributed by atoms with Crippen molar-refractivity contribution >= 4 is 17.8 Å². The summed E-state index contributed by atoms with van der Waals surface area (Å²) in [4.78, 5) is 36.4. The third-order valence-corrected chi connectivity index (χ3v) is 4.50. The van der Waals surface area contributed by atoms with Gasteiger partial charge >= 0.3 is 11.9 Å². The van der Waals surface area contributed by atoms with Crippen LogP contribution in [0.4, 0.5) is 0 Å². The van der Waals surface area contributed by atoms with E-state index in [9.17, 15) is 14.4 Å². The average Bonchev–Trinajstić information content (AvgIpc) is 2.68. The number of carbonyl (C=O) groups excluding carboxylic acids is 1. The van der Waals surface area contributed by atoms with E-state index in [0.717, 1.165) is 30.4 Å². The third kappa shape index (κ3) is 6.23. The summed E-state index contributed by atoms with van der Waals surface area (Å²) in [6, 6.07) is 13.0. The summed E-state index contributed by atoms with van der Waals surface area (Å²) in [7, 11) is 0. The fraction of sp³-hybridized carbons (Fsp3) is 0.318. The smallest absolute Gasteiger partial charge is 0.335 e. The molecule has 2 rings (SSSR count). The molecule has 0 aliphatic carbocycles. The Balaban J connectivity index is 2.14. The Hall–Kier alpha value is -3.15. The van der Waals surface area contributed by atoms with E-state index in [1.807, 2.05) is 0 Å². The van der Waals surface area contributed by atoms with Crippen molar-refractivity contribution in [2.75, 3.05) is 0 Å². The van der Waals surface area contributed by atoms with Crippen LogP contribution in [0.25, 0.3) is 0 Å². The van der Waals surface area contributed by atoms with Gasteiger partial charge in [0.1, 0.15) is 0 Å². The Morgan fingerprint density at radius 2 is 1.18 bits per heavy atom. The number of aromatic carboxylic acids is 2. The molecule has 2 aromatic carbocycles. The van der Waals surface area contributed by atoms with Crippen molar-refractivity contribution in [2.45, 2.75) is 45.7 Å². The zero-order chi connectivity index (χ0) is 20.5. The van der Waals surface area contributed by atoms with Gasteiger partial charge in [0.05, 0.1) is 11.1 Å². The molecule has 2 aromatic rings. The van der Waals surface area contributed by atoms with E-state index >= 15 is 0 Å². The third-order valence-electron chi connectivity index (χ3n) is 4.50. The highest BCUT2D eigenvalue weighted by Crippen LogP contribution is 2.15. The lowest BCUT2D eigenvalue weighted by Crippen LogP contribution is -2.30. The van der Waals surface area contributed by atoms with Crippen molar-refractivity contribution < 1.29 is 24.6 Å². The molecule has 6 nitrogen and oxygen atoms in total. The first-order valence-corrected chi connectivity index (χ1v) is 9.33. The van der Waals surface area contributed by atoms with Crippen LogP contribution in [0.2, 0.25) is 0 Å². The molecule has 148 valence electrons. The molecule has 0 aromatic heterocycles. The Labute approximate surface area is 164 Å². The van der Waals surface area contributed by atoms with E-state index in [1.165, 1.54) is 24.3 Å². The first-order chi connectivity index (χ1) is 13.4. The maximum absolute atomic E-state index is 12.7. The predicted molar refractivity (Wildman–Crippen MR) is 105 cm³/mol. The quantitative estimate of drug-likeness (QED) is 0.600. The van der Waals surface area contributed by atoms with Crippen molar-refractivity contribution in [3.05, 3.63) is 70.8 Å². The number of hydrogen-bond donors (Lipinski definition) is 2. The molecule has 0 bridgehead atoms. The highest BCUT2D eigenvalue weighted by molar-refractivity contribution is 5.88. The van der Waals surface area contributed by atoms with Crippen molar-refractivity contribution in [2.24, 2.45) is 0 Å². The normalized spacial score (nSPS) is 10.5. The van der Waals surface area contributed by atoms with Gasteiger partial charge in [-0.15, -0.1) is 0 Å². The van der Waals surface area contributed by atoms with Gasteiger partial charge in [0.25, 0.3) is 0 Å². The average molecular weight is 383 g/mol. The monoisotopic (exact) mass is 383 g/mol. The van der Waals surface area contributed by atoms with Gasteiger partial charge in [0.15, 0.2) is 0 Å². The number of unbranched alkanes of at least 4 members (excludes halogenated alkanes) is 2. The molecule has 0 unspecified atom stereocenters. The van der Waals surface area contributed by atoms with Crippen LogP contribution in [0.3, 0.4) is 0 Å². The number of amides is 1. The maximum atomic E-state index is 12.7. The van der Waals surface area contributed by atoms with Crippen molar-refractivity contribution in [3.63, 3.8) is 0 Å². The van der Waals surface area contributed by atoms with E-state index in [4.69, 9.17) is 10.2 Å². The highest BCUT2D eigenvalue weighted by atomic mass is 16.4. The number of benzene rings is 2. The molecule has 0 heterocycles. The van der Waals surface area contributed by atoms with E-state index in [-0.39, 0.29) is 17.0 Å². The van der Waals surface area contributed by atoms with Crippen LogP contribution in [0.1, 0.15) is 64.4 Å². The second-order valence-corrected chi connectivity index (χ2v) is 6.71. The number of nitrogens with zero attached hydrogens (tertiary/aromatic N) is 1. The van der Waals surface area contributed by atoms with Crippen LogP contribution in [0.15, 0.2) is 48.5 Å². The van der Waals surface area contributed by atoms with Gasteiger partial charge in [-0.3, -0.25) is 4.79 Å². The first-order valence-electron chi connectivity index (χ1n) is 9.33. The summed E-state index contributed by atoms with van der Waals surface area (Å²) in [6.07, 6.45) is 3.29. The zero-order valence-electron chi connectivity index (χ0n) is 15.9. The zero-order valence-corrected chi connectivity index (χ0v) is 15.9. The first kappa shape index (κ1) is 21.2. The van der Waals surface area contributed by atoms with Gasteiger partial charge in [-0.05, 0) is 41.8 Å². The minimum atomic E-state index is -0.988. The fourth-order valence-corrected chi connectivity index (χ4v) is 2.86. The summed E-state index contributed by atoms with van der Waals surface area (Å²) >= 11 is 0. The molecule has 0 saturated heterocycles. The molecule has 0 atom stereocenters. The molecule has 1 amide bonds. The number of carbonyl (C=O) groups is 3. The fourth-order valence-electron chi connectivity index (χ4n) is 2.86. The second-order valence-electron chi connectivity index (χ2n) is 6.71. The molecule has 0 fully saturated rings. The minimum Gasteiger partial charge on any atom is -0.478 e. The Morgan fingerprint density at radius 3 is 1.54 bits per heavy atom. The van der Waals surface area contributed by atoms with Crippen LogP contribution in [-0.2, 0) is 17.9 Å². The minimum absolute atomic E-state index is 0.0260. The molecule has 0 radical (unpaired) electrons. The lowest BCUT2D eigenvalue weighted by atomic mass is 10.1. The summed E-state index contributed by atoms with van der Waals surface area (Å²) in [5.41, 5.74) is 2.09. The summed E-state index contributed by atoms with van der Waals surface area (Å²) < 4.78 is 0. The van der Waals surface area contributed by atoms with Gasteiger partial charge in [-0.25, -0.2) is 9.59 Å². The number of rotatable bonds is 10. The van der Waals surface area contributed by atoms with Crippen molar-refractivity contribution in [1.82, 2.24) is 4.90 Å². The Morgan fingerprint density at radius 1 is 0.750 bits per heavy atom. The van der Waals surface area contributed by atoms with Crippen molar-refractivity contribution in [3.8, 4) is 0 Å². The standard InChI is InChI=1S/C22H25NO5/c1-2-3-4-5-20(24)23(14-16-6-10-18(11-7-16)21(25)26)15-17-8-12-19(13-9-17)22(27)28/h6-13H,2-5,14-15H2,1H3,(H,25,26)(H,27,28). The lowest BCUT2D eigenvalue weighted by molar-refractivity contribution is -0.132. The lowest BCUT2D eigenvalue weighted by Gasteiger charge is -2.23. The predicted octanol–water partition coefficient (Wildman–Crippen LogP) is 4.19. The van der Waals surface area contributed by atoms with Gasteiger partial charge in [-0.2, -0.15) is 0 Å². The largest absolute Gasteiger partial charge is 0.478 e. The van der Waals surface area contributed by atoms with Gasteiger partial charge < -0.3 is 15.1 Å². The Kier molecular flexibility index (Phi) is 7.75. The molecular formula is C22H25NO5. The summed E-state index contributed by atoms with van der Waals surface area (Å²) in [6.45, 7) is 2.81. The molecule has 2 N–H and O–H groups in total. The topological polar surface area (TPSA) is 94.9 Å². The molecule has 0 aliphatic heterocycles. The maximum Gasteiger partial charge on any atom is 0.335 e. The van der Waals surface area contributed by atoms with Crippen LogP contribution in [0, 0.1) is 0 Å². The second kappa shape index (κ2) is 10.3. The molecule has 28 heavy (non-hydrogen) atoms. The summed E-state index contributed by atoms with van der Waals surface area (Å²) in [5.74, 6) is -1.95. The van der Waals surface area contributed by atoms with Gasteiger partial charge in [0, 0.05) is 19.5 Å². The van der Waals surface area contributed by atoms with E-state index < -0.39 is 11.9 Å². The van der Waals surface area contributed by atoms with Crippen LogP contribution >= 0.6 is 0 Å².